The van der Waals surface area contributed by atoms with Crippen molar-refractivity contribution in [2.45, 2.75) is 0 Å². The Kier molecular flexibility index (Phi) is 3.18. The zero-order valence-corrected chi connectivity index (χ0v) is 8.50. The summed E-state index contributed by atoms with van der Waals surface area (Å²) in [5.41, 5.74) is 0. The molecule has 0 saturated heterocycles. The third-order valence-electron chi connectivity index (χ3n) is 1.91. The standard InChI is InChI=1S/C13H10O3/c14-11(5-7-12-3-1-9-15-12)6-8-13-4-2-10-16-13/h1-10H/b7-5-,8-6-. The van der Waals surface area contributed by atoms with Crippen LogP contribution >= 0.6 is 0 Å². The molecule has 2 rings (SSSR count). The molecule has 0 fully saturated rings. The molecule has 3 heteroatoms. The molecule has 0 spiro atoms. The summed E-state index contributed by atoms with van der Waals surface area (Å²) in [4.78, 5) is 11.4. The normalized spacial score (nSPS) is 11.5. The van der Waals surface area contributed by atoms with Gasteiger partial charge in [0, 0.05) is 0 Å². The van der Waals surface area contributed by atoms with E-state index < -0.39 is 0 Å². The molecule has 0 aromatic carbocycles. The summed E-state index contributed by atoms with van der Waals surface area (Å²) in [6, 6.07) is 7.09. The van der Waals surface area contributed by atoms with Crippen molar-refractivity contribution in [1.29, 1.82) is 0 Å². The number of ketones is 1. The number of hydrogen-bond donors (Lipinski definition) is 0. The fourth-order valence-electron chi connectivity index (χ4n) is 1.16. The highest BCUT2D eigenvalue weighted by atomic mass is 16.3. The molecule has 0 aliphatic heterocycles. The maximum atomic E-state index is 11.4. The topological polar surface area (TPSA) is 43.4 Å². The van der Waals surface area contributed by atoms with Crippen LogP contribution in [0, 0.1) is 0 Å². The van der Waals surface area contributed by atoms with Gasteiger partial charge in [-0.25, -0.2) is 0 Å². The van der Waals surface area contributed by atoms with Gasteiger partial charge in [-0.1, -0.05) is 0 Å². The lowest BCUT2D eigenvalue weighted by Crippen LogP contribution is -1.83. The first-order valence-corrected chi connectivity index (χ1v) is 4.82. The highest BCUT2D eigenvalue weighted by Crippen LogP contribution is 2.04. The van der Waals surface area contributed by atoms with E-state index >= 15 is 0 Å². The number of allylic oxidation sites excluding steroid dienone is 2. The number of furan rings is 2. The fourth-order valence-corrected chi connectivity index (χ4v) is 1.16. The summed E-state index contributed by atoms with van der Waals surface area (Å²) >= 11 is 0. The second kappa shape index (κ2) is 4.98. The van der Waals surface area contributed by atoms with E-state index in [1.165, 1.54) is 12.2 Å². The SMILES string of the molecule is O=C(/C=C\c1ccco1)/C=C\c1ccco1. The van der Waals surface area contributed by atoms with Crippen LogP contribution in [0.5, 0.6) is 0 Å². The summed E-state index contributed by atoms with van der Waals surface area (Å²) in [6.07, 6.45) is 9.24. The van der Waals surface area contributed by atoms with E-state index in [0.29, 0.717) is 11.5 Å². The first-order valence-electron chi connectivity index (χ1n) is 4.82. The quantitative estimate of drug-likeness (QED) is 0.734. The van der Waals surface area contributed by atoms with Crippen LogP contribution in [0.25, 0.3) is 12.2 Å². The van der Waals surface area contributed by atoms with Crippen LogP contribution in [-0.4, -0.2) is 5.78 Å². The van der Waals surface area contributed by atoms with Crippen molar-refractivity contribution in [1.82, 2.24) is 0 Å². The zero-order chi connectivity index (χ0) is 11.2. The van der Waals surface area contributed by atoms with Gasteiger partial charge in [0.1, 0.15) is 11.5 Å². The summed E-state index contributed by atoms with van der Waals surface area (Å²) in [5, 5.41) is 0. The van der Waals surface area contributed by atoms with Crippen LogP contribution in [0.15, 0.2) is 57.8 Å². The van der Waals surface area contributed by atoms with E-state index in [2.05, 4.69) is 0 Å². The number of hydrogen-bond acceptors (Lipinski definition) is 3. The van der Waals surface area contributed by atoms with E-state index in [1.807, 2.05) is 0 Å². The van der Waals surface area contributed by atoms with Crippen molar-refractivity contribution in [3.05, 3.63) is 60.5 Å². The largest absolute Gasteiger partial charge is 0.465 e. The van der Waals surface area contributed by atoms with Gasteiger partial charge in [0.25, 0.3) is 0 Å². The van der Waals surface area contributed by atoms with Crippen LogP contribution in [0.2, 0.25) is 0 Å². The molecule has 2 aromatic rings. The van der Waals surface area contributed by atoms with E-state index in [0.717, 1.165) is 0 Å². The predicted octanol–water partition coefficient (Wildman–Crippen LogP) is 3.17. The molecule has 0 unspecified atom stereocenters. The Balaban J connectivity index is 1.94. The number of carbonyl (C=O) groups excluding carboxylic acids is 1. The van der Waals surface area contributed by atoms with E-state index in [4.69, 9.17) is 8.83 Å². The minimum absolute atomic E-state index is 0.118. The Hall–Kier alpha value is -2.29. The molecule has 0 saturated carbocycles. The van der Waals surface area contributed by atoms with Gasteiger partial charge in [-0.15, -0.1) is 0 Å². The monoisotopic (exact) mass is 214 g/mol. The Morgan fingerprint density at radius 3 is 1.81 bits per heavy atom. The Morgan fingerprint density at radius 2 is 1.44 bits per heavy atom. The summed E-state index contributed by atoms with van der Waals surface area (Å²) in [5.74, 6) is 1.19. The Labute approximate surface area is 92.7 Å². The molecule has 2 heterocycles. The van der Waals surface area contributed by atoms with E-state index in [1.54, 1.807) is 48.9 Å². The zero-order valence-electron chi connectivity index (χ0n) is 8.50. The number of carbonyl (C=O) groups is 1. The lowest BCUT2D eigenvalue weighted by Gasteiger charge is -1.84. The van der Waals surface area contributed by atoms with E-state index in [9.17, 15) is 4.79 Å². The fraction of sp³-hybridized carbons (Fsp3) is 0. The molecule has 16 heavy (non-hydrogen) atoms. The molecular formula is C13H10O3. The third-order valence-corrected chi connectivity index (χ3v) is 1.91. The highest BCUT2D eigenvalue weighted by Gasteiger charge is 1.93. The smallest absolute Gasteiger partial charge is 0.178 e. The van der Waals surface area contributed by atoms with Crippen LogP contribution < -0.4 is 0 Å². The minimum atomic E-state index is -0.118. The summed E-state index contributed by atoms with van der Waals surface area (Å²) < 4.78 is 10.1. The summed E-state index contributed by atoms with van der Waals surface area (Å²) in [6.45, 7) is 0. The van der Waals surface area contributed by atoms with E-state index in [-0.39, 0.29) is 5.78 Å². The predicted molar refractivity (Wildman–Crippen MR) is 60.5 cm³/mol. The molecule has 0 aliphatic rings. The Morgan fingerprint density at radius 1 is 0.938 bits per heavy atom. The van der Waals surface area contributed by atoms with Crippen molar-refractivity contribution >= 4 is 17.9 Å². The second-order valence-corrected chi connectivity index (χ2v) is 3.10. The van der Waals surface area contributed by atoms with Crippen LogP contribution in [0.4, 0.5) is 0 Å². The van der Waals surface area contributed by atoms with Gasteiger partial charge >= 0.3 is 0 Å². The second-order valence-electron chi connectivity index (χ2n) is 3.10. The lowest BCUT2D eigenvalue weighted by molar-refractivity contribution is -0.110. The van der Waals surface area contributed by atoms with Gasteiger partial charge in [0.2, 0.25) is 0 Å². The molecule has 0 aliphatic carbocycles. The molecule has 80 valence electrons. The van der Waals surface area contributed by atoms with Crippen molar-refractivity contribution in [3.63, 3.8) is 0 Å². The third kappa shape index (κ3) is 2.85. The van der Waals surface area contributed by atoms with Gasteiger partial charge in [-0.05, 0) is 48.6 Å². The maximum absolute atomic E-state index is 11.4. The first kappa shape index (κ1) is 10.2. The molecular weight excluding hydrogens is 204 g/mol. The molecule has 0 atom stereocenters. The molecule has 0 amide bonds. The molecule has 2 aromatic heterocycles. The highest BCUT2D eigenvalue weighted by molar-refractivity contribution is 6.04. The average molecular weight is 214 g/mol. The van der Waals surface area contributed by atoms with Gasteiger partial charge < -0.3 is 8.83 Å². The average Bonchev–Trinajstić information content (AvgIpc) is 2.96. The lowest BCUT2D eigenvalue weighted by atomic mass is 10.3. The van der Waals surface area contributed by atoms with Gasteiger partial charge in [0.05, 0.1) is 12.5 Å². The molecule has 0 N–H and O–H groups in total. The summed E-state index contributed by atoms with van der Waals surface area (Å²) in [7, 11) is 0. The van der Waals surface area contributed by atoms with Crippen molar-refractivity contribution in [3.8, 4) is 0 Å². The van der Waals surface area contributed by atoms with Crippen LogP contribution in [0.3, 0.4) is 0 Å². The molecule has 3 nitrogen and oxygen atoms in total. The van der Waals surface area contributed by atoms with Crippen LogP contribution in [0.1, 0.15) is 11.5 Å². The minimum Gasteiger partial charge on any atom is -0.465 e. The van der Waals surface area contributed by atoms with Gasteiger partial charge in [-0.2, -0.15) is 0 Å². The van der Waals surface area contributed by atoms with Crippen molar-refractivity contribution < 1.29 is 13.6 Å². The Bertz CT molecular complexity index is 441. The van der Waals surface area contributed by atoms with Gasteiger partial charge in [-0.3, -0.25) is 4.79 Å². The molecule has 0 bridgehead atoms. The molecule has 0 radical (unpaired) electrons. The van der Waals surface area contributed by atoms with Crippen LogP contribution in [-0.2, 0) is 4.79 Å². The maximum Gasteiger partial charge on any atom is 0.178 e. The van der Waals surface area contributed by atoms with Crippen molar-refractivity contribution in [2.24, 2.45) is 0 Å². The first-order chi connectivity index (χ1) is 7.84. The van der Waals surface area contributed by atoms with Gasteiger partial charge in [0.15, 0.2) is 5.78 Å². The number of rotatable bonds is 4. The van der Waals surface area contributed by atoms with Crippen molar-refractivity contribution in [2.75, 3.05) is 0 Å².